The van der Waals surface area contributed by atoms with Gasteiger partial charge < -0.3 is 19.1 Å². The summed E-state index contributed by atoms with van der Waals surface area (Å²) in [7, 11) is 0. The van der Waals surface area contributed by atoms with Crippen molar-refractivity contribution in [1.29, 1.82) is 0 Å². The zero-order valence-corrected chi connectivity index (χ0v) is 17.2. The smallest absolute Gasteiger partial charge is 0.308 e. The number of ether oxygens (including phenoxy) is 2. The highest BCUT2D eigenvalue weighted by molar-refractivity contribution is 5.71. The maximum absolute atomic E-state index is 11.7. The summed E-state index contributed by atoms with van der Waals surface area (Å²) in [6.07, 6.45) is 0.540. The predicted molar refractivity (Wildman–Crippen MR) is 109 cm³/mol. The fourth-order valence-corrected chi connectivity index (χ4v) is 3.82. The molecule has 5 heteroatoms. The second-order valence-electron chi connectivity index (χ2n) is 8.11. The molecule has 1 aliphatic rings. The van der Waals surface area contributed by atoms with Crippen molar-refractivity contribution in [1.82, 2.24) is 4.57 Å². The SMILES string of the molecule is CC(C)Oc1ccccc1-c1ccc(C(C)C)n1CC[C@@H]1C[C@@H](O)CC(=O)O1. The molecule has 0 saturated carbocycles. The average Bonchev–Trinajstić information content (AvgIpc) is 3.03. The van der Waals surface area contributed by atoms with Gasteiger partial charge in [-0.2, -0.15) is 0 Å². The van der Waals surface area contributed by atoms with Gasteiger partial charge in [0.05, 0.1) is 24.3 Å². The number of hydrogen-bond donors (Lipinski definition) is 1. The Bertz CT molecular complexity index is 809. The number of hydrogen-bond acceptors (Lipinski definition) is 4. The Labute approximate surface area is 167 Å². The fourth-order valence-electron chi connectivity index (χ4n) is 3.82. The fraction of sp³-hybridized carbons (Fsp3) is 0.522. The molecule has 3 rings (SSSR count). The molecular formula is C23H31NO4. The van der Waals surface area contributed by atoms with E-state index in [0.29, 0.717) is 18.8 Å². The minimum absolute atomic E-state index is 0.0947. The molecule has 0 bridgehead atoms. The van der Waals surface area contributed by atoms with Crippen LogP contribution in [0.1, 0.15) is 58.6 Å². The Hall–Kier alpha value is -2.27. The highest BCUT2D eigenvalue weighted by atomic mass is 16.5. The molecule has 1 N–H and O–H groups in total. The molecule has 1 fully saturated rings. The number of aliphatic hydroxyl groups is 1. The number of rotatable bonds is 7. The van der Waals surface area contributed by atoms with Crippen LogP contribution < -0.4 is 4.74 Å². The Morgan fingerprint density at radius 1 is 1.18 bits per heavy atom. The van der Waals surface area contributed by atoms with Gasteiger partial charge in [0.25, 0.3) is 0 Å². The van der Waals surface area contributed by atoms with E-state index in [1.807, 2.05) is 32.0 Å². The van der Waals surface area contributed by atoms with E-state index in [1.54, 1.807) is 0 Å². The van der Waals surface area contributed by atoms with Crippen LogP contribution >= 0.6 is 0 Å². The number of aromatic nitrogens is 1. The molecule has 2 heterocycles. The summed E-state index contributed by atoms with van der Waals surface area (Å²) >= 11 is 0. The van der Waals surface area contributed by atoms with E-state index in [0.717, 1.165) is 23.6 Å². The third-order valence-electron chi connectivity index (χ3n) is 5.04. The molecule has 0 amide bonds. The zero-order chi connectivity index (χ0) is 20.3. The summed E-state index contributed by atoms with van der Waals surface area (Å²) in [6, 6.07) is 12.4. The molecule has 0 spiro atoms. The molecule has 2 aromatic rings. The molecule has 5 nitrogen and oxygen atoms in total. The van der Waals surface area contributed by atoms with E-state index in [9.17, 15) is 9.90 Å². The Kier molecular flexibility index (Phi) is 6.45. The molecule has 1 aromatic carbocycles. The van der Waals surface area contributed by atoms with Crippen LogP contribution in [-0.4, -0.2) is 34.0 Å². The first-order valence-electron chi connectivity index (χ1n) is 10.2. The lowest BCUT2D eigenvalue weighted by atomic mass is 10.0. The Morgan fingerprint density at radius 3 is 2.61 bits per heavy atom. The molecule has 28 heavy (non-hydrogen) atoms. The third kappa shape index (κ3) is 4.76. The standard InChI is InChI=1S/C23H31NO4/c1-15(2)20-9-10-21(19-7-5-6-8-22(19)27-16(3)4)24(20)12-11-18-13-17(25)14-23(26)28-18/h5-10,15-18,25H,11-14H2,1-4H3/t17-,18-/m1/s1. The number of aliphatic hydroxyl groups excluding tert-OH is 1. The van der Waals surface area contributed by atoms with E-state index in [2.05, 4.69) is 36.6 Å². The van der Waals surface area contributed by atoms with Gasteiger partial charge in [0.1, 0.15) is 11.9 Å². The molecular weight excluding hydrogens is 354 g/mol. The summed E-state index contributed by atoms with van der Waals surface area (Å²) in [6.45, 7) is 9.12. The average molecular weight is 386 g/mol. The number of carbonyl (C=O) groups excluding carboxylic acids is 1. The third-order valence-corrected chi connectivity index (χ3v) is 5.04. The van der Waals surface area contributed by atoms with Crippen molar-refractivity contribution in [3.05, 3.63) is 42.1 Å². The minimum Gasteiger partial charge on any atom is -0.490 e. The summed E-state index contributed by atoms with van der Waals surface area (Å²) < 4.78 is 13.8. The number of nitrogens with zero attached hydrogens (tertiary/aromatic N) is 1. The van der Waals surface area contributed by atoms with Crippen molar-refractivity contribution < 1.29 is 19.4 Å². The molecule has 2 atom stereocenters. The van der Waals surface area contributed by atoms with Gasteiger partial charge in [0.15, 0.2) is 0 Å². The van der Waals surface area contributed by atoms with E-state index >= 15 is 0 Å². The number of benzene rings is 1. The monoisotopic (exact) mass is 385 g/mol. The maximum Gasteiger partial charge on any atom is 0.308 e. The van der Waals surface area contributed by atoms with Crippen LogP contribution in [0.2, 0.25) is 0 Å². The van der Waals surface area contributed by atoms with E-state index < -0.39 is 6.10 Å². The van der Waals surface area contributed by atoms with Gasteiger partial charge in [-0.1, -0.05) is 26.0 Å². The number of carbonyl (C=O) groups is 1. The Morgan fingerprint density at radius 2 is 1.93 bits per heavy atom. The van der Waals surface area contributed by atoms with E-state index in [-0.39, 0.29) is 24.6 Å². The predicted octanol–water partition coefficient (Wildman–Crippen LogP) is 4.52. The lowest BCUT2D eigenvalue weighted by Crippen LogP contribution is -2.33. The summed E-state index contributed by atoms with van der Waals surface area (Å²) in [5.74, 6) is 0.925. The molecule has 1 aromatic heterocycles. The highest BCUT2D eigenvalue weighted by Crippen LogP contribution is 2.34. The topological polar surface area (TPSA) is 60.7 Å². The van der Waals surface area contributed by atoms with E-state index in [1.165, 1.54) is 5.69 Å². The van der Waals surface area contributed by atoms with Crippen molar-refractivity contribution in [2.75, 3.05) is 0 Å². The van der Waals surface area contributed by atoms with Crippen molar-refractivity contribution in [3.63, 3.8) is 0 Å². The quantitative estimate of drug-likeness (QED) is 0.712. The molecule has 1 aliphatic heterocycles. The van der Waals surface area contributed by atoms with Gasteiger partial charge in [0, 0.05) is 30.6 Å². The Balaban J connectivity index is 1.89. The highest BCUT2D eigenvalue weighted by Gasteiger charge is 2.27. The van der Waals surface area contributed by atoms with Gasteiger partial charge in [-0.15, -0.1) is 0 Å². The molecule has 152 valence electrons. The van der Waals surface area contributed by atoms with Crippen molar-refractivity contribution in [2.24, 2.45) is 0 Å². The first-order valence-corrected chi connectivity index (χ1v) is 10.2. The van der Waals surface area contributed by atoms with Crippen LogP contribution in [0.25, 0.3) is 11.3 Å². The van der Waals surface area contributed by atoms with Crippen LogP contribution in [0.3, 0.4) is 0 Å². The number of esters is 1. The summed E-state index contributed by atoms with van der Waals surface area (Å²) in [4.78, 5) is 11.7. The van der Waals surface area contributed by atoms with E-state index in [4.69, 9.17) is 9.47 Å². The lowest BCUT2D eigenvalue weighted by molar-refractivity contribution is -0.160. The zero-order valence-electron chi connectivity index (χ0n) is 17.2. The van der Waals surface area contributed by atoms with Crippen LogP contribution in [0.4, 0.5) is 0 Å². The van der Waals surface area contributed by atoms with Crippen molar-refractivity contribution in [2.45, 2.75) is 77.7 Å². The van der Waals surface area contributed by atoms with Gasteiger partial charge in [-0.3, -0.25) is 4.79 Å². The van der Waals surface area contributed by atoms with Gasteiger partial charge in [-0.05, 0) is 44.0 Å². The normalized spacial score (nSPS) is 19.9. The summed E-state index contributed by atoms with van der Waals surface area (Å²) in [5, 5.41) is 9.88. The first kappa shape index (κ1) is 20.5. The lowest BCUT2D eigenvalue weighted by Gasteiger charge is -2.27. The second kappa shape index (κ2) is 8.82. The van der Waals surface area contributed by atoms with Gasteiger partial charge in [0.2, 0.25) is 0 Å². The van der Waals surface area contributed by atoms with Crippen molar-refractivity contribution in [3.8, 4) is 17.0 Å². The largest absolute Gasteiger partial charge is 0.490 e. The molecule has 0 unspecified atom stereocenters. The van der Waals surface area contributed by atoms with Gasteiger partial charge in [-0.25, -0.2) is 0 Å². The molecule has 0 aliphatic carbocycles. The number of para-hydroxylation sites is 1. The van der Waals surface area contributed by atoms with Gasteiger partial charge >= 0.3 is 5.97 Å². The molecule has 0 radical (unpaired) electrons. The van der Waals surface area contributed by atoms with Crippen LogP contribution in [0, 0.1) is 0 Å². The minimum atomic E-state index is -0.597. The van der Waals surface area contributed by atoms with Crippen molar-refractivity contribution >= 4 is 5.97 Å². The summed E-state index contributed by atoms with van der Waals surface area (Å²) in [5.41, 5.74) is 3.39. The van der Waals surface area contributed by atoms with Crippen LogP contribution in [-0.2, 0) is 16.1 Å². The number of cyclic esters (lactones) is 1. The second-order valence-corrected chi connectivity index (χ2v) is 8.11. The van der Waals surface area contributed by atoms with Crippen LogP contribution in [0.5, 0.6) is 5.75 Å². The first-order chi connectivity index (χ1) is 13.3. The van der Waals surface area contributed by atoms with Crippen LogP contribution in [0.15, 0.2) is 36.4 Å². The molecule has 1 saturated heterocycles. The maximum atomic E-state index is 11.7.